The van der Waals surface area contributed by atoms with E-state index in [2.05, 4.69) is 24.5 Å². The highest BCUT2D eigenvalue weighted by molar-refractivity contribution is 6.10. The zero-order valence-corrected chi connectivity index (χ0v) is 20.9. The van der Waals surface area contributed by atoms with Crippen LogP contribution in [-0.4, -0.2) is 17.8 Å². The van der Waals surface area contributed by atoms with E-state index < -0.39 is 5.92 Å². The van der Waals surface area contributed by atoms with Crippen LogP contribution < -0.4 is 15.4 Å². The molecule has 178 valence electrons. The second kappa shape index (κ2) is 9.13. The first-order valence-corrected chi connectivity index (χ1v) is 11.9. The minimum Gasteiger partial charge on any atom is -0.491 e. The second-order valence-electron chi connectivity index (χ2n) is 10.4. The summed E-state index contributed by atoms with van der Waals surface area (Å²) in [5, 5.41) is 6.52. The molecule has 5 heteroatoms. The summed E-state index contributed by atoms with van der Waals surface area (Å²) in [7, 11) is 0. The molecule has 34 heavy (non-hydrogen) atoms. The molecule has 4 rings (SSSR count). The van der Waals surface area contributed by atoms with Crippen LogP contribution in [0.15, 0.2) is 71.1 Å². The third-order valence-corrected chi connectivity index (χ3v) is 6.47. The molecule has 2 aliphatic rings. The molecule has 1 amide bonds. The molecule has 0 spiro atoms. The van der Waals surface area contributed by atoms with Crippen molar-refractivity contribution in [1.29, 1.82) is 0 Å². The lowest BCUT2D eigenvalue weighted by molar-refractivity contribution is -0.118. The van der Waals surface area contributed by atoms with Crippen molar-refractivity contribution in [3.63, 3.8) is 0 Å². The Morgan fingerprint density at radius 1 is 1.06 bits per heavy atom. The van der Waals surface area contributed by atoms with Gasteiger partial charge < -0.3 is 15.4 Å². The minimum absolute atomic E-state index is 0.0355. The molecule has 1 unspecified atom stereocenters. The van der Waals surface area contributed by atoms with E-state index in [1.807, 2.05) is 76.2 Å². The van der Waals surface area contributed by atoms with E-state index in [0.717, 1.165) is 34.6 Å². The zero-order valence-electron chi connectivity index (χ0n) is 20.9. The van der Waals surface area contributed by atoms with E-state index in [1.54, 1.807) is 0 Å². The van der Waals surface area contributed by atoms with Gasteiger partial charge in [-0.3, -0.25) is 9.59 Å². The molecule has 1 aliphatic carbocycles. The smallest absolute Gasteiger partial charge is 0.254 e. The van der Waals surface area contributed by atoms with Gasteiger partial charge >= 0.3 is 0 Å². The monoisotopic (exact) mass is 458 g/mol. The maximum absolute atomic E-state index is 13.8. The molecule has 0 saturated heterocycles. The number of rotatable bonds is 5. The van der Waals surface area contributed by atoms with Gasteiger partial charge in [0, 0.05) is 40.2 Å². The van der Waals surface area contributed by atoms with Crippen molar-refractivity contribution >= 4 is 17.4 Å². The molecule has 2 N–H and O–H groups in total. The predicted octanol–water partition coefficient (Wildman–Crippen LogP) is 6.02. The molecule has 1 atom stereocenters. The lowest BCUT2D eigenvalue weighted by atomic mass is 9.68. The Hall–Kier alpha value is -3.34. The fourth-order valence-electron chi connectivity index (χ4n) is 5.03. The van der Waals surface area contributed by atoms with Crippen LogP contribution >= 0.6 is 0 Å². The van der Waals surface area contributed by atoms with Crippen molar-refractivity contribution in [3.8, 4) is 5.75 Å². The van der Waals surface area contributed by atoms with Crippen molar-refractivity contribution < 1.29 is 14.3 Å². The lowest BCUT2D eigenvalue weighted by Gasteiger charge is -2.40. The summed E-state index contributed by atoms with van der Waals surface area (Å²) in [4.78, 5) is 27.3. The third kappa shape index (κ3) is 4.65. The standard InChI is InChI=1S/C29H34N2O3/c1-17(2)34-24-14-10-8-12-20(24)26-25(28(33)31-21-13-9-7-11-18(21)3)19(4)30-22-15-29(5,6)16-23(32)27(22)26/h7-14,17,26,30H,15-16H2,1-6H3,(H,31,33). The molecule has 1 aliphatic heterocycles. The highest BCUT2D eigenvalue weighted by Gasteiger charge is 2.43. The van der Waals surface area contributed by atoms with Crippen LogP contribution in [-0.2, 0) is 9.59 Å². The van der Waals surface area contributed by atoms with Gasteiger partial charge in [-0.25, -0.2) is 0 Å². The van der Waals surface area contributed by atoms with Crippen molar-refractivity contribution in [2.24, 2.45) is 5.41 Å². The largest absolute Gasteiger partial charge is 0.491 e. The Kier molecular flexibility index (Phi) is 6.39. The Bertz CT molecular complexity index is 1200. The summed E-state index contributed by atoms with van der Waals surface area (Å²) in [6, 6.07) is 15.5. The number of carbonyl (C=O) groups is 2. The van der Waals surface area contributed by atoms with E-state index in [0.29, 0.717) is 23.3 Å². The number of allylic oxidation sites excluding steroid dienone is 3. The van der Waals surface area contributed by atoms with Crippen LogP contribution in [0.3, 0.4) is 0 Å². The molecule has 0 saturated carbocycles. The van der Waals surface area contributed by atoms with E-state index in [9.17, 15) is 9.59 Å². The molecule has 1 heterocycles. The molecule has 0 bridgehead atoms. The number of Topliss-reactive ketones (excluding diaryl/α,β-unsaturated/α-hetero) is 1. The van der Waals surface area contributed by atoms with Gasteiger partial charge in [0.25, 0.3) is 5.91 Å². The Morgan fingerprint density at radius 3 is 2.44 bits per heavy atom. The van der Waals surface area contributed by atoms with Crippen LogP contribution in [0.2, 0.25) is 0 Å². The minimum atomic E-state index is -0.501. The number of hydrogen-bond acceptors (Lipinski definition) is 4. The quantitative estimate of drug-likeness (QED) is 0.574. The van der Waals surface area contributed by atoms with Crippen LogP contribution in [0, 0.1) is 12.3 Å². The summed E-state index contributed by atoms with van der Waals surface area (Å²) >= 11 is 0. The van der Waals surface area contributed by atoms with Crippen molar-refractivity contribution in [2.75, 3.05) is 5.32 Å². The fraction of sp³-hybridized carbons (Fsp3) is 0.379. The van der Waals surface area contributed by atoms with Gasteiger partial charge in [0.15, 0.2) is 5.78 Å². The molecule has 0 radical (unpaired) electrons. The van der Waals surface area contributed by atoms with Crippen LogP contribution in [0.5, 0.6) is 5.75 Å². The number of ether oxygens (including phenoxy) is 1. The maximum atomic E-state index is 13.8. The number of benzene rings is 2. The highest BCUT2D eigenvalue weighted by Crippen LogP contribution is 2.48. The Labute approximate surface area is 202 Å². The van der Waals surface area contributed by atoms with Gasteiger partial charge in [-0.05, 0) is 57.2 Å². The molecule has 0 aromatic heterocycles. The third-order valence-electron chi connectivity index (χ3n) is 6.47. The van der Waals surface area contributed by atoms with Gasteiger partial charge in [-0.1, -0.05) is 50.2 Å². The summed E-state index contributed by atoms with van der Waals surface area (Å²) in [6.45, 7) is 12.1. The van der Waals surface area contributed by atoms with E-state index >= 15 is 0 Å². The first-order chi connectivity index (χ1) is 16.1. The first kappa shape index (κ1) is 23.8. The number of ketones is 1. The molecular formula is C29H34N2O3. The number of anilines is 1. The highest BCUT2D eigenvalue weighted by atomic mass is 16.5. The maximum Gasteiger partial charge on any atom is 0.254 e. The Morgan fingerprint density at radius 2 is 1.74 bits per heavy atom. The molecule has 5 nitrogen and oxygen atoms in total. The van der Waals surface area contributed by atoms with Crippen LogP contribution in [0.1, 0.15) is 64.5 Å². The van der Waals surface area contributed by atoms with E-state index in [-0.39, 0.29) is 23.2 Å². The molecule has 2 aromatic carbocycles. The van der Waals surface area contributed by atoms with Gasteiger partial charge in [0.2, 0.25) is 0 Å². The number of amides is 1. The zero-order chi connectivity index (χ0) is 24.6. The average Bonchev–Trinajstić information content (AvgIpc) is 2.73. The normalized spacial score (nSPS) is 19.6. The average molecular weight is 459 g/mol. The van der Waals surface area contributed by atoms with Crippen LogP contribution in [0.25, 0.3) is 0 Å². The molecular weight excluding hydrogens is 424 g/mol. The fourth-order valence-corrected chi connectivity index (χ4v) is 5.03. The van der Waals surface area contributed by atoms with Crippen molar-refractivity contribution in [1.82, 2.24) is 5.32 Å². The number of para-hydroxylation sites is 2. The first-order valence-electron chi connectivity index (χ1n) is 11.9. The number of hydrogen-bond donors (Lipinski definition) is 2. The number of carbonyl (C=O) groups excluding carboxylic acids is 2. The Balaban J connectivity index is 1.86. The lowest BCUT2D eigenvalue weighted by Crippen LogP contribution is -2.39. The number of dihydropyridines is 1. The predicted molar refractivity (Wildman–Crippen MR) is 136 cm³/mol. The van der Waals surface area contributed by atoms with Gasteiger partial charge in [-0.15, -0.1) is 0 Å². The van der Waals surface area contributed by atoms with E-state index in [1.165, 1.54) is 0 Å². The number of nitrogens with one attached hydrogen (secondary N) is 2. The summed E-state index contributed by atoms with van der Waals surface area (Å²) in [6.07, 6.45) is 1.16. The summed E-state index contributed by atoms with van der Waals surface area (Å²) < 4.78 is 6.15. The van der Waals surface area contributed by atoms with Gasteiger partial charge in [0.1, 0.15) is 5.75 Å². The van der Waals surface area contributed by atoms with Gasteiger partial charge in [-0.2, -0.15) is 0 Å². The SMILES string of the molecule is CC1=C(C(=O)Nc2ccccc2C)C(c2ccccc2OC(C)C)C2=C(CC(C)(C)CC2=O)N1. The summed E-state index contributed by atoms with van der Waals surface area (Å²) in [5.74, 6) is 0.0614. The molecule has 0 fully saturated rings. The topological polar surface area (TPSA) is 67.4 Å². The van der Waals surface area contributed by atoms with Crippen molar-refractivity contribution in [2.45, 2.75) is 66.4 Å². The van der Waals surface area contributed by atoms with E-state index in [4.69, 9.17) is 4.74 Å². The summed E-state index contributed by atoms with van der Waals surface area (Å²) in [5.41, 5.74) is 5.35. The van der Waals surface area contributed by atoms with Crippen molar-refractivity contribution in [3.05, 3.63) is 82.2 Å². The van der Waals surface area contributed by atoms with Crippen LogP contribution in [0.4, 0.5) is 5.69 Å². The van der Waals surface area contributed by atoms with Gasteiger partial charge in [0.05, 0.1) is 12.0 Å². The number of aryl methyl sites for hydroxylation is 1. The molecule has 2 aromatic rings. The second-order valence-corrected chi connectivity index (χ2v) is 10.4.